The Kier molecular flexibility index (Phi) is 7.65. The first-order valence-corrected chi connectivity index (χ1v) is 11.9. The van der Waals surface area contributed by atoms with Gasteiger partial charge in [-0.2, -0.15) is 0 Å². The number of benzene rings is 1. The number of aromatic nitrogens is 2. The normalized spacial score (nSPS) is 17.4. The van der Waals surface area contributed by atoms with Crippen molar-refractivity contribution in [1.82, 2.24) is 9.97 Å². The van der Waals surface area contributed by atoms with Crippen molar-refractivity contribution in [1.29, 1.82) is 0 Å². The van der Waals surface area contributed by atoms with E-state index in [-0.39, 0.29) is 12.3 Å². The van der Waals surface area contributed by atoms with Crippen LogP contribution >= 0.6 is 0 Å². The number of hydrogen-bond acceptors (Lipinski definition) is 7. The summed E-state index contributed by atoms with van der Waals surface area (Å²) in [5.41, 5.74) is 3.88. The zero-order valence-corrected chi connectivity index (χ0v) is 19.5. The lowest BCUT2D eigenvalue weighted by molar-refractivity contribution is -0.137. The number of carboxylic acid groups (broad SMARTS) is 1. The highest BCUT2D eigenvalue weighted by atomic mass is 16.5. The van der Waals surface area contributed by atoms with Crippen molar-refractivity contribution in [3.8, 4) is 6.01 Å². The molecule has 2 aliphatic rings. The molecule has 4 rings (SSSR count). The van der Waals surface area contributed by atoms with Crippen LogP contribution in [-0.2, 0) is 9.53 Å². The zero-order valence-electron chi connectivity index (χ0n) is 19.5. The third-order valence-electron chi connectivity index (χ3n) is 6.59. The molecule has 0 bridgehead atoms. The minimum Gasteiger partial charge on any atom is -0.481 e. The van der Waals surface area contributed by atoms with Crippen LogP contribution in [0.25, 0.3) is 0 Å². The van der Waals surface area contributed by atoms with Gasteiger partial charge in [-0.05, 0) is 61.6 Å². The smallest absolute Gasteiger partial charge is 0.316 e. The molecule has 1 saturated heterocycles. The van der Waals surface area contributed by atoms with Crippen molar-refractivity contribution in [3.05, 3.63) is 36.2 Å². The molecule has 2 N–H and O–H groups in total. The molecule has 1 aliphatic carbocycles. The Hall–Kier alpha value is -2.87. The van der Waals surface area contributed by atoms with E-state index in [1.807, 2.05) is 6.92 Å². The van der Waals surface area contributed by atoms with Crippen LogP contribution in [0.15, 0.2) is 30.6 Å². The second kappa shape index (κ2) is 10.8. The van der Waals surface area contributed by atoms with E-state index in [1.165, 1.54) is 12.8 Å². The Labute approximate surface area is 195 Å². The van der Waals surface area contributed by atoms with Gasteiger partial charge in [0.15, 0.2) is 0 Å². The molecule has 2 fully saturated rings. The minimum atomic E-state index is -0.776. The van der Waals surface area contributed by atoms with Gasteiger partial charge in [0, 0.05) is 25.8 Å². The molecule has 0 spiro atoms. The van der Waals surface area contributed by atoms with Gasteiger partial charge in [0.05, 0.1) is 43.0 Å². The molecule has 1 aromatic heterocycles. The highest BCUT2D eigenvalue weighted by molar-refractivity contribution is 5.77. The topological polar surface area (TPSA) is 96.8 Å². The summed E-state index contributed by atoms with van der Waals surface area (Å²) in [4.78, 5) is 22.4. The zero-order chi connectivity index (χ0) is 23.2. The van der Waals surface area contributed by atoms with Crippen molar-refractivity contribution in [2.45, 2.75) is 57.4 Å². The number of carboxylic acids is 1. The number of carbonyl (C=O) groups is 1. The van der Waals surface area contributed by atoms with Crippen LogP contribution in [0.4, 0.5) is 17.1 Å². The quantitative estimate of drug-likeness (QED) is 0.509. The molecule has 1 aromatic carbocycles. The first-order chi connectivity index (χ1) is 16.1. The maximum Gasteiger partial charge on any atom is 0.316 e. The van der Waals surface area contributed by atoms with E-state index in [9.17, 15) is 9.90 Å². The predicted molar refractivity (Wildman–Crippen MR) is 128 cm³/mol. The van der Waals surface area contributed by atoms with Crippen LogP contribution in [0, 0.1) is 5.92 Å². The van der Waals surface area contributed by atoms with E-state index in [2.05, 4.69) is 38.4 Å². The number of nitrogens with zero attached hydrogens (tertiary/aromatic N) is 3. The van der Waals surface area contributed by atoms with Crippen LogP contribution in [0.5, 0.6) is 6.01 Å². The first-order valence-electron chi connectivity index (χ1n) is 11.9. The Morgan fingerprint density at radius 1 is 1.24 bits per heavy atom. The molecule has 178 valence electrons. The molecule has 1 atom stereocenters. The molecule has 0 radical (unpaired) electrons. The Morgan fingerprint density at radius 2 is 1.97 bits per heavy atom. The predicted octanol–water partition coefficient (Wildman–Crippen LogP) is 4.59. The summed E-state index contributed by atoms with van der Waals surface area (Å²) < 4.78 is 10.7. The lowest BCUT2D eigenvalue weighted by Crippen LogP contribution is -2.41. The van der Waals surface area contributed by atoms with Crippen molar-refractivity contribution in [2.24, 2.45) is 5.92 Å². The Balaban J connectivity index is 1.70. The number of methoxy groups -OCH3 is 1. The van der Waals surface area contributed by atoms with Gasteiger partial charge in [0.25, 0.3) is 0 Å². The molecule has 0 amide bonds. The van der Waals surface area contributed by atoms with Crippen LogP contribution < -0.4 is 15.0 Å². The Bertz CT molecular complexity index is 927. The summed E-state index contributed by atoms with van der Waals surface area (Å²) in [5.74, 6) is -0.0779. The van der Waals surface area contributed by atoms with Gasteiger partial charge < -0.3 is 24.8 Å². The highest BCUT2D eigenvalue weighted by Crippen LogP contribution is 2.39. The molecule has 8 nitrogen and oxygen atoms in total. The summed E-state index contributed by atoms with van der Waals surface area (Å²) >= 11 is 0. The van der Waals surface area contributed by atoms with Gasteiger partial charge >= 0.3 is 12.0 Å². The third-order valence-corrected chi connectivity index (χ3v) is 6.59. The summed E-state index contributed by atoms with van der Waals surface area (Å²) in [6.07, 6.45) is 8.88. The summed E-state index contributed by atoms with van der Waals surface area (Å²) in [7, 11) is 1.54. The van der Waals surface area contributed by atoms with E-state index >= 15 is 0 Å². The number of anilines is 3. The monoisotopic (exact) mass is 454 g/mol. The van der Waals surface area contributed by atoms with Crippen molar-refractivity contribution >= 4 is 23.0 Å². The standard InChI is InChI=1S/C25H34N4O4/c1-3-18(13-24(30)31)19-6-7-23(22(12-19)28-20-14-26-25(32-2)27-15-20)29(16-17-4-5-17)21-8-10-33-11-9-21/h6-7,12,14-15,17-18,21,28H,3-5,8-11,13,16H2,1-2H3,(H,30,31). The molecule has 33 heavy (non-hydrogen) atoms. The van der Waals surface area contributed by atoms with Gasteiger partial charge in [-0.15, -0.1) is 0 Å². The number of nitrogens with one attached hydrogen (secondary N) is 1. The summed E-state index contributed by atoms with van der Waals surface area (Å²) in [5, 5.41) is 12.9. The van der Waals surface area contributed by atoms with E-state index in [0.717, 1.165) is 67.6 Å². The van der Waals surface area contributed by atoms with Crippen molar-refractivity contribution in [2.75, 3.05) is 37.1 Å². The van der Waals surface area contributed by atoms with E-state index in [0.29, 0.717) is 12.1 Å². The largest absolute Gasteiger partial charge is 0.481 e. The molecule has 2 aromatic rings. The highest BCUT2D eigenvalue weighted by Gasteiger charge is 2.31. The molecule has 1 unspecified atom stereocenters. The molecule has 1 saturated carbocycles. The average molecular weight is 455 g/mol. The molecule has 1 aliphatic heterocycles. The molecule has 8 heteroatoms. The fourth-order valence-electron chi connectivity index (χ4n) is 4.53. The third kappa shape index (κ3) is 6.13. The lowest BCUT2D eigenvalue weighted by atomic mass is 9.92. The summed E-state index contributed by atoms with van der Waals surface area (Å²) in [6.45, 7) is 4.64. The molecular formula is C25H34N4O4. The number of ether oxygens (including phenoxy) is 2. The van der Waals surface area contributed by atoms with Gasteiger partial charge in [-0.25, -0.2) is 9.97 Å². The van der Waals surface area contributed by atoms with Gasteiger partial charge in [-0.1, -0.05) is 13.0 Å². The fourth-order valence-corrected chi connectivity index (χ4v) is 4.53. The summed E-state index contributed by atoms with van der Waals surface area (Å²) in [6, 6.07) is 7.11. The van der Waals surface area contributed by atoms with E-state index in [1.54, 1.807) is 19.5 Å². The fraction of sp³-hybridized carbons (Fsp3) is 0.560. The molecular weight excluding hydrogens is 420 g/mol. The number of rotatable bonds is 11. The number of aliphatic carboxylic acids is 1. The van der Waals surface area contributed by atoms with Crippen molar-refractivity contribution < 1.29 is 19.4 Å². The Morgan fingerprint density at radius 3 is 2.58 bits per heavy atom. The van der Waals surface area contributed by atoms with E-state index in [4.69, 9.17) is 9.47 Å². The van der Waals surface area contributed by atoms with Gasteiger partial charge in [-0.3, -0.25) is 4.79 Å². The SMILES string of the molecule is CCC(CC(=O)O)c1ccc(N(CC2CC2)C2CCOCC2)c(Nc2cnc(OC)nc2)c1. The van der Waals surface area contributed by atoms with Crippen LogP contribution in [-0.4, -0.2) is 54.0 Å². The maximum atomic E-state index is 11.4. The van der Waals surface area contributed by atoms with E-state index < -0.39 is 5.97 Å². The van der Waals surface area contributed by atoms with Crippen LogP contribution in [0.1, 0.15) is 56.9 Å². The second-order valence-electron chi connectivity index (χ2n) is 9.00. The minimum absolute atomic E-state index is 0.0378. The van der Waals surface area contributed by atoms with Crippen LogP contribution in [0.3, 0.4) is 0 Å². The van der Waals surface area contributed by atoms with Crippen LogP contribution in [0.2, 0.25) is 0 Å². The van der Waals surface area contributed by atoms with Crippen molar-refractivity contribution in [3.63, 3.8) is 0 Å². The maximum absolute atomic E-state index is 11.4. The van der Waals surface area contributed by atoms with Gasteiger partial charge in [0.2, 0.25) is 0 Å². The number of hydrogen-bond donors (Lipinski definition) is 2. The van der Waals surface area contributed by atoms with Gasteiger partial charge in [0.1, 0.15) is 0 Å². The lowest BCUT2D eigenvalue weighted by Gasteiger charge is -2.37. The second-order valence-corrected chi connectivity index (χ2v) is 9.00. The first kappa shape index (κ1) is 23.3. The molecule has 2 heterocycles. The average Bonchev–Trinajstić information content (AvgIpc) is 3.66.